The van der Waals surface area contributed by atoms with Crippen LogP contribution in [-0.4, -0.2) is 26.3 Å². The van der Waals surface area contributed by atoms with Crippen molar-refractivity contribution in [2.24, 2.45) is 0 Å². The van der Waals surface area contributed by atoms with Crippen LogP contribution in [0.15, 0.2) is 23.8 Å². The van der Waals surface area contributed by atoms with Gasteiger partial charge in [-0.2, -0.15) is 5.26 Å². The topological polar surface area (TPSA) is 59.3 Å². The van der Waals surface area contributed by atoms with Gasteiger partial charge in [-0.3, -0.25) is 0 Å². The maximum absolute atomic E-state index is 13.4. The van der Waals surface area contributed by atoms with E-state index in [1.54, 1.807) is 6.07 Å². The molecule has 0 atom stereocenters. The molecule has 1 aromatic carbocycles. The number of methoxy groups -OCH3 is 1. The second kappa shape index (κ2) is 7.24. The van der Waals surface area contributed by atoms with E-state index in [0.717, 1.165) is 18.2 Å². The van der Waals surface area contributed by atoms with E-state index < -0.39 is 17.6 Å². The summed E-state index contributed by atoms with van der Waals surface area (Å²) in [6, 6.07) is 4.43. The summed E-state index contributed by atoms with van der Waals surface area (Å²) < 4.78 is 35.4. The summed E-state index contributed by atoms with van der Waals surface area (Å²) in [5.74, 6) is -2.49. The summed E-state index contributed by atoms with van der Waals surface area (Å²) in [6.45, 7) is 0.176. The average Bonchev–Trinajstić information content (AvgIpc) is 2.38. The fourth-order valence-corrected chi connectivity index (χ4v) is 1.21. The number of carbonyl (C=O) groups is 1. The molecule has 0 saturated carbocycles. The summed E-state index contributed by atoms with van der Waals surface area (Å²) in [7, 11) is 1.43. The van der Waals surface area contributed by atoms with Gasteiger partial charge in [0.25, 0.3) is 0 Å². The van der Waals surface area contributed by atoms with Crippen LogP contribution in [0.2, 0.25) is 0 Å². The number of halogens is 2. The number of esters is 1. The lowest BCUT2D eigenvalue weighted by Gasteiger charge is -2.03. The molecule has 0 aliphatic carbocycles. The number of ether oxygens (including phenoxy) is 2. The molecule has 1 aromatic rings. The van der Waals surface area contributed by atoms with Gasteiger partial charge in [0, 0.05) is 18.7 Å². The predicted octanol–water partition coefficient (Wildman–Crippen LogP) is 2.06. The highest BCUT2D eigenvalue weighted by molar-refractivity contribution is 5.97. The first-order valence-corrected chi connectivity index (χ1v) is 5.31. The Hall–Kier alpha value is -2.26. The molecule has 6 heteroatoms. The van der Waals surface area contributed by atoms with Crippen LogP contribution in [-0.2, 0) is 14.3 Å². The number of hydrogen-bond donors (Lipinski definition) is 0. The van der Waals surface area contributed by atoms with E-state index in [1.807, 2.05) is 0 Å². The van der Waals surface area contributed by atoms with E-state index in [-0.39, 0.29) is 24.4 Å². The van der Waals surface area contributed by atoms with Crippen LogP contribution in [0.5, 0.6) is 0 Å². The highest BCUT2D eigenvalue weighted by Gasteiger charge is 2.12. The smallest absolute Gasteiger partial charge is 0.348 e. The zero-order chi connectivity index (χ0) is 14.3. The molecule has 0 heterocycles. The molecule has 0 saturated heterocycles. The van der Waals surface area contributed by atoms with Crippen LogP contribution in [0.1, 0.15) is 5.56 Å². The van der Waals surface area contributed by atoms with Crippen molar-refractivity contribution in [1.29, 1.82) is 5.26 Å². The Morgan fingerprint density at radius 2 is 2.16 bits per heavy atom. The fraction of sp³-hybridized carbons (Fsp3) is 0.231. The van der Waals surface area contributed by atoms with E-state index in [2.05, 4.69) is 4.74 Å². The molecule has 19 heavy (non-hydrogen) atoms. The minimum absolute atomic E-state index is 0.0136. The zero-order valence-electron chi connectivity index (χ0n) is 10.2. The quantitative estimate of drug-likeness (QED) is 0.354. The minimum atomic E-state index is -0.886. The van der Waals surface area contributed by atoms with Gasteiger partial charge in [0.2, 0.25) is 0 Å². The number of carbonyl (C=O) groups excluding carboxylic acids is 1. The van der Waals surface area contributed by atoms with Gasteiger partial charge < -0.3 is 9.47 Å². The molecule has 0 aromatic heterocycles. The molecule has 4 nitrogen and oxygen atoms in total. The molecule has 0 N–H and O–H groups in total. The second-order valence-corrected chi connectivity index (χ2v) is 3.46. The monoisotopic (exact) mass is 267 g/mol. The highest BCUT2D eigenvalue weighted by atomic mass is 19.1. The van der Waals surface area contributed by atoms with Gasteiger partial charge in [-0.25, -0.2) is 13.6 Å². The van der Waals surface area contributed by atoms with Gasteiger partial charge in [0.05, 0.1) is 6.61 Å². The summed E-state index contributed by atoms with van der Waals surface area (Å²) in [6.07, 6.45) is 1.00. The molecule has 0 spiro atoms. The number of nitrogens with zero attached hydrogens (tertiary/aromatic N) is 1. The molecule has 0 aliphatic heterocycles. The maximum Gasteiger partial charge on any atom is 0.348 e. The molecule has 0 radical (unpaired) electrons. The normalized spacial score (nSPS) is 10.9. The van der Waals surface area contributed by atoms with Crippen LogP contribution in [0, 0.1) is 23.0 Å². The molecular weight excluding hydrogens is 256 g/mol. The van der Waals surface area contributed by atoms with Gasteiger partial charge in [-0.1, -0.05) is 0 Å². The van der Waals surface area contributed by atoms with Crippen LogP contribution in [0.3, 0.4) is 0 Å². The van der Waals surface area contributed by atoms with Crippen molar-refractivity contribution >= 4 is 12.0 Å². The Bertz CT molecular complexity index is 535. The lowest BCUT2D eigenvalue weighted by Crippen LogP contribution is -2.11. The first-order chi connectivity index (χ1) is 9.08. The molecule has 100 valence electrons. The largest absolute Gasteiger partial charge is 0.459 e. The molecular formula is C13H11F2NO3. The van der Waals surface area contributed by atoms with Gasteiger partial charge in [0.15, 0.2) is 0 Å². The van der Waals surface area contributed by atoms with E-state index in [4.69, 9.17) is 10.00 Å². The molecule has 0 fully saturated rings. The molecule has 0 amide bonds. The third kappa shape index (κ3) is 4.48. The van der Waals surface area contributed by atoms with Crippen LogP contribution < -0.4 is 0 Å². The summed E-state index contributed by atoms with van der Waals surface area (Å²) >= 11 is 0. The Morgan fingerprint density at radius 3 is 2.74 bits per heavy atom. The average molecular weight is 267 g/mol. The fourth-order valence-electron chi connectivity index (χ4n) is 1.21. The Kier molecular flexibility index (Phi) is 5.64. The standard InChI is InChI=1S/C13H11F2NO3/c1-18-4-5-19-13(17)10(8-16)6-9-2-3-11(14)7-12(9)15/h2-3,6-7H,4-5H2,1H3. The van der Waals surface area contributed by atoms with Crippen LogP contribution >= 0.6 is 0 Å². The van der Waals surface area contributed by atoms with Crippen LogP contribution in [0.25, 0.3) is 6.08 Å². The van der Waals surface area contributed by atoms with Gasteiger partial charge >= 0.3 is 5.97 Å². The van der Waals surface area contributed by atoms with Gasteiger partial charge in [0.1, 0.15) is 29.9 Å². The number of nitriles is 1. The van der Waals surface area contributed by atoms with E-state index in [9.17, 15) is 13.6 Å². The van der Waals surface area contributed by atoms with Crippen molar-refractivity contribution in [1.82, 2.24) is 0 Å². The predicted molar refractivity (Wildman–Crippen MR) is 62.8 cm³/mol. The Labute approximate surface area is 108 Å². The van der Waals surface area contributed by atoms with E-state index in [0.29, 0.717) is 6.07 Å². The highest BCUT2D eigenvalue weighted by Crippen LogP contribution is 2.14. The first-order valence-electron chi connectivity index (χ1n) is 5.31. The van der Waals surface area contributed by atoms with E-state index in [1.165, 1.54) is 7.11 Å². The summed E-state index contributed by atoms with van der Waals surface area (Å²) in [4.78, 5) is 11.5. The first kappa shape index (κ1) is 14.8. The molecule has 0 unspecified atom stereocenters. The van der Waals surface area contributed by atoms with Gasteiger partial charge in [-0.05, 0) is 18.2 Å². The summed E-state index contributed by atoms with van der Waals surface area (Å²) in [5, 5.41) is 8.81. The second-order valence-electron chi connectivity index (χ2n) is 3.46. The Morgan fingerprint density at radius 1 is 1.42 bits per heavy atom. The Balaban J connectivity index is 2.87. The van der Waals surface area contributed by atoms with Crippen molar-refractivity contribution < 1.29 is 23.0 Å². The number of rotatable bonds is 5. The molecule has 0 aliphatic rings. The third-order valence-electron chi connectivity index (χ3n) is 2.12. The van der Waals surface area contributed by atoms with Crippen molar-refractivity contribution in [3.63, 3.8) is 0 Å². The number of benzene rings is 1. The summed E-state index contributed by atoms with van der Waals surface area (Å²) in [5.41, 5.74) is -0.441. The van der Waals surface area contributed by atoms with Crippen molar-refractivity contribution in [3.05, 3.63) is 41.0 Å². The van der Waals surface area contributed by atoms with Crippen molar-refractivity contribution in [2.75, 3.05) is 20.3 Å². The van der Waals surface area contributed by atoms with Gasteiger partial charge in [-0.15, -0.1) is 0 Å². The lowest BCUT2D eigenvalue weighted by molar-refractivity contribution is -0.139. The molecule has 0 bridgehead atoms. The van der Waals surface area contributed by atoms with Crippen molar-refractivity contribution in [3.8, 4) is 6.07 Å². The third-order valence-corrected chi connectivity index (χ3v) is 2.12. The SMILES string of the molecule is COCCOC(=O)C(C#N)=Cc1ccc(F)cc1F. The minimum Gasteiger partial charge on any atom is -0.459 e. The zero-order valence-corrected chi connectivity index (χ0v) is 10.2. The molecule has 1 rings (SSSR count). The van der Waals surface area contributed by atoms with Crippen molar-refractivity contribution in [2.45, 2.75) is 0 Å². The van der Waals surface area contributed by atoms with E-state index >= 15 is 0 Å². The maximum atomic E-state index is 13.4. The number of hydrogen-bond acceptors (Lipinski definition) is 4. The lowest BCUT2D eigenvalue weighted by atomic mass is 10.1. The van der Waals surface area contributed by atoms with Crippen LogP contribution in [0.4, 0.5) is 8.78 Å².